The van der Waals surface area contributed by atoms with E-state index in [0.29, 0.717) is 17.5 Å². The third-order valence-corrected chi connectivity index (χ3v) is 5.23. The Hall–Kier alpha value is -0.910. The SMILES string of the molecule is CCC(CC)NS(=O)(=O)c1cc(CNC(C)C)ccc1C. The minimum absolute atomic E-state index is 0.00755. The van der Waals surface area contributed by atoms with Crippen LogP contribution in [0.1, 0.15) is 51.7 Å². The van der Waals surface area contributed by atoms with E-state index in [1.54, 1.807) is 6.07 Å². The molecule has 1 aromatic carbocycles. The molecule has 0 amide bonds. The van der Waals surface area contributed by atoms with Gasteiger partial charge in [0.25, 0.3) is 0 Å². The maximum absolute atomic E-state index is 12.5. The normalized spacial score (nSPS) is 12.3. The van der Waals surface area contributed by atoms with Crippen LogP contribution in [0.15, 0.2) is 23.1 Å². The summed E-state index contributed by atoms with van der Waals surface area (Å²) < 4.78 is 27.9. The Morgan fingerprint density at radius 3 is 2.29 bits per heavy atom. The van der Waals surface area contributed by atoms with Crippen LogP contribution in [-0.4, -0.2) is 20.5 Å². The van der Waals surface area contributed by atoms with Gasteiger partial charge in [0, 0.05) is 18.6 Å². The van der Waals surface area contributed by atoms with Crippen LogP contribution >= 0.6 is 0 Å². The molecule has 0 aliphatic carbocycles. The number of rotatable bonds is 8. The molecule has 2 N–H and O–H groups in total. The molecule has 0 aliphatic rings. The van der Waals surface area contributed by atoms with Crippen molar-refractivity contribution in [2.24, 2.45) is 0 Å². The summed E-state index contributed by atoms with van der Waals surface area (Å²) in [6, 6.07) is 5.98. The molecule has 4 nitrogen and oxygen atoms in total. The summed E-state index contributed by atoms with van der Waals surface area (Å²) in [7, 11) is -3.45. The molecule has 0 unspecified atom stereocenters. The number of sulfonamides is 1. The molecular weight excluding hydrogens is 284 g/mol. The van der Waals surface area contributed by atoms with Gasteiger partial charge in [0.1, 0.15) is 0 Å². The smallest absolute Gasteiger partial charge is 0.241 e. The average molecular weight is 312 g/mol. The summed E-state index contributed by atoms with van der Waals surface area (Å²) in [4.78, 5) is 0.387. The molecule has 0 saturated carbocycles. The van der Waals surface area contributed by atoms with Crippen molar-refractivity contribution < 1.29 is 8.42 Å². The predicted molar refractivity (Wildman–Crippen MR) is 87.8 cm³/mol. The quantitative estimate of drug-likeness (QED) is 0.776. The van der Waals surface area contributed by atoms with E-state index in [2.05, 4.69) is 23.9 Å². The molecular formula is C16H28N2O2S. The number of hydrogen-bond donors (Lipinski definition) is 2. The van der Waals surface area contributed by atoms with Gasteiger partial charge in [-0.1, -0.05) is 39.8 Å². The first-order chi connectivity index (χ1) is 9.80. The summed E-state index contributed by atoms with van der Waals surface area (Å²) in [5.74, 6) is 0. The molecule has 0 saturated heterocycles. The van der Waals surface area contributed by atoms with Crippen LogP contribution in [0.5, 0.6) is 0 Å². The lowest BCUT2D eigenvalue weighted by Crippen LogP contribution is -2.34. The van der Waals surface area contributed by atoms with Crippen molar-refractivity contribution in [3.63, 3.8) is 0 Å². The topological polar surface area (TPSA) is 58.2 Å². The molecule has 1 rings (SSSR count). The fourth-order valence-corrected chi connectivity index (χ4v) is 3.80. The Morgan fingerprint density at radius 2 is 1.76 bits per heavy atom. The van der Waals surface area contributed by atoms with Gasteiger partial charge in [-0.2, -0.15) is 0 Å². The minimum atomic E-state index is -3.45. The molecule has 1 aromatic rings. The Kier molecular flexibility index (Phi) is 6.84. The van der Waals surface area contributed by atoms with Gasteiger partial charge >= 0.3 is 0 Å². The van der Waals surface area contributed by atoms with Gasteiger partial charge in [0.05, 0.1) is 4.90 Å². The number of benzene rings is 1. The lowest BCUT2D eigenvalue weighted by atomic mass is 10.1. The molecule has 0 radical (unpaired) electrons. The molecule has 0 spiro atoms. The van der Waals surface area contributed by atoms with E-state index in [1.807, 2.05) is 32.9 Å². The fraction of sp³-hybridized carbons (Fsp3) is 0.625. The third-order valence-electron chi connectivity index (χ3n) is 3.56. The molecule has 0 aliphatic heterocycles. The highest BCUT2D eigenvalue weighted by molar-refractivity contribution is 7.89. The standard InChI is InChI=1S/C16H28N2O2S/c1-6-15(7-2)18-21(19,20)16-10-14(9-8-13(16)5)11-17-12(3)4/h8-10,12,15,17-18H,6-7,11H2,1-5H3. The highest BCUT2D eigenvalue weighted by atomic mass is 32.2. The van der Waals surface area contributed by atoms with Crippen molar-refractivity contribution in [3.05, 3.63) is 29.3 Å². The van der Waals surface area contributed by atoms with E-state index in [1.165, 1.54) is 0 Å². The van der Waals surface area contributed by atoms with Crippen molar-refractivity contribution in [3.8, 4) is 0 Å². The Labute approximate surface area is 129 Å². The third kappa shape index (κ3) is 5.41. The van der Waals surface area contributed by atoms with Gasteiger partial charge in [0.15, 0.2) is 0 Å². The van der Waals surface area contributed by atoms with E-state index >= 15 is 0 Å². The highest BCUT2D eigenvalue weighted by Gasteiger charge is 2.20. The molecule has 0 aromatic heterocycles. The largest absolute Gasteiger partial charge is 0.310 e. The lowest BCUT2D eigenvalue weighted by molar-refractivity contribution is 0.529. The predicted octanol–water partition coefficient (Wildman–Crippen LogP) is 2.96. The minimum Gasteiger partial charge on any atom is -0.310 e. The van der Waals surface area contributed by atoms with Crippen molar-refractivity contribution in [2.45, 2.75) is 71.0 Å². The monoisotopic (exact) mass is 312 g/mol. The molecule has 0 bridgehead atoms. The molecule has 0 heterocycles. The van der Waals surface area contributed by atoms with Crippen LogP contribution in [0, 0.1) is 6.92 Å². The summed E-state index contributed by atoms with van der Waals surface area (Å²) in [5, 5.41) is 3.31. The first-order valence-corrected chi connectivity index (χ1v) is 9.13. The van der Waals surface area contributed by atoms with Gasteiger partial charge in [0.2, 0.25) is 10.0 Å². The second-order valence-corrected chi connectivity index (χ2v) is 7.45. The second-order valence-electron chi connectivity index (χ2n) is 5.77. The Balaban J connectivity index is 3.02. The molecule has 0 atom stereocenters. The van der Waals surface area contributed by atoms with Crippen LogP contribution in [0.25, 0.3) is 0 Å². The first kappa shape index (κ1) is 18.1. The molecule has 5 heteroatoms. The lowest BCUT2D eigenvalue weighted by Gasteiger charge is -2.17. The summed E-state index contributed by atoms with van der Waals surface area (Å²) >= 11 is 0. The van der Waals surface area contributed by atoms with Crippen molar-refractivity contribution in [2.75, 3.05) is 0 Å². The van der Waals surface area contributed by atoms with Gasteiger partial charge < -0.3 is 5.32 Å². The van der Waals surface area contributed by atoms with Crippen LogP contribution in [0.4, 0.5) is 0 Å². The van der Waals surface area contributed by atoms with Gasteiger partial charge in [-0.15, -0.1) is 0 Å². The summed E-state index contributed by atoms with van der Waals surface area (Å²) in [5.41, 5.74) is 1.76. The van der Waals surface area contributed by atoms with E-state index in [-0.39, 0.29) is 6.04 Å². The Bertz CT molecular complexity index is 549. The summed E-state index contributed by atoms with van der Waals surface area (Å²) in [6.45, 7) is 10.6. The van der Waals surface area contributed by atoms with Crippen molar-refractivity contribution in [1.29, 1.82) is 0 Å². The molecule has 21 heavy (non-hydrogen) atoms. The van der Waals surface area contributed by atoms with Crippen LogP contribution in [0.2, 0.25) is 0 Å². The second kappa shape index (κ2) is 7.92. The van der Waals surface area contributed by atoms with E-state index in [9.17, 15) is 8.42 Å². The molecule has 120 valence electrons. The zero-order valence-electron chi connectivity index (χ0n) is 13.7. The van der Waals surface area contributed by atoms with Crippen LogP contribution in [-0.2, 0) is 16.6 Å². The highest BCUT2D eigenvalue weighted by Crippen LogP contribution is 2.18. The van der Waals surface area contributed by atoms with Gasteiger partial charge in [-0.05, 0) is 37.0 Å². The molecule has 0 fully saturated rings. The summed E-state index contributed by atoms with van der Waals surface area (Å²) in [6.07, 6.45) is 1.59. The van der Waals surface area contributed by atoms with Crippen molar-refractivity contribution >= 4 is 10.0 Å². The zero-order valence-corrected chi connectivity index (χ0v) is 14.5. The van der Waals surface area contributed by atoms with Crippen LogP contribution in [0.3, 0.4) is 0 Å². The number of nitrogens with one attached hydrogen (secondary N) is 2. The zero-order chi connectivity index (χ0) is 16.0. The maximum atomic E-state index is 12.5. The number of hydrogen-bond acceptors (Lipinski definition) is 3. The maximum Gasteiger partial charge on any atom is 0.241 e. The first-order valence-electron chi connectivity index (χ1n) is 7.65. The fourth-order valence-electron chi connectivity index (χ4n) is 2.10. The van der Waals surface area contributed by atoms with Crippen molar-refractivity contribution in [1.82, 2.24) is 10.0 Å². The van der Waals surface area contributed by atoms with E-state index in [4.69, 9.17) is 0 Å². The number of aryl methyl sites for hydroxylation is 1. The van der Waals surface area contributed by atoms with Gasteiger partial charge in [-0.25, -0.2) is 13.1 Å². The van der Waals surface area contributed by atoms with E-state index in [0.717, 1.165) is 24.0 Å². The Morgan fingerprint density at radius 1 is 1.14 bits per heavy atom. The van der Waals surface area contributed by atoms with Crippen LogP contribution < -0.4 is 10.0 Å². The van der Waals surface area contributed by atoms with E-state index < -0.39 is 10.0 Å². The average Bonchev–Trinajstić information content (AvgIpc) is 2.43. The van der Waals surface area contributed by atoms with Gasteiger partial charge in [-0.3, -0.25) is 0 Å².